The van der Waals surface area contributed by atoms with E-state index in [2.05, 4.69) is 0 Å². The molecule has 0 spiro atoms. The predicted octanol–water partition coefficient (Wildman–Crippen LogP) is 3.44. The van der Waals surface area contributed by atoms with E-state index in [0.717, 1.165) is 12.8 Å². The van der Waals surface area contributed by atoms with E-state index in [1.807, 2.05) is 27.7 Å². The molecule has 0 N–H and O–H groups in total. The molecule has 0 aromatic carbocycles. The number of rotatable bonds is 6. The van der Waals surface area contributed by atoms with Gasteiger partial charge < -0.3 is 0 Å². The fourth-order valence-electron chi connectivity index (χ4n) is 1.57. The van der Waals surface area contributed by atoms with Crippen LogP contribution in [0.5, 0.6) is 0 Å². The Morgan fingerprint density at radius 3 is 2.33 bits per heavy atom. The quantitative estimate of drug-likeness (QED) is 0.549. The molecule has 1 aliphatic rings. The monoisotopic (exact) mass is 342 g/mol. The van der Waals surface area contributed by atoms with Crippen molar-refractivity contribution in [2.75, 3.05) is 13.2 Å². The zero-order valence-corrected chi connectivity index (χ0v) is 14.2. The van der Waals surface area contributed by atoms with Crippen LogP contribution in [0.3, 0.4) is 0 Å². The van der Waals surface area contributed by atoms with Gasteiger partial charge in [-0.3, -0.25) is 0 Å². The number of carbonyl (C=O) groups excluding carboxylic acids is 1. The van der Waals surface area contributed by atoms with Crippen molar-refractivity contribution in [3.8, 4) is 0 Å². The summed E-state index contributed by atoms with van der Waals surface area (Å²) in [4.78, 5) is 11.8. The molecule has 1 aliphatic heterocycles. The summed E-state index contributed by atoms with van der Waals surface area (Å²) in [5, 5.41) is 0. The summed E-state index contributed by atoms with van der Waals surface area (Å²) >= 11 is -0.398. The van der Waals surface area contributed by atoms with Gasteiger partial charge in [0.15, 0.2) is 0 Å². The summed E-state index contributed by atoms with van der Waals surface area (Å²) in [7, 11) is 0. The minimum absolute atomic E-state index is 0.0842. The molecule has 1 fully saturated rings. The first-order chi connectivity index (χ1) is 8.32. The Morgan fingerprint density at radius 2 is 1.89 bits per heavy atom. The topological polar surface area (TPSA) is 52.6 Å². The first-order valence-electron chi connectivity index (χ1n) is 6.42. The Bertz CT molecular complexity index is 329. The van der Waals surface area contributed by atoms with Crippen LogP contribution in [0.1, 0.15) is 47.0 Å². The Kier molecular flexibility index (Phi) is 6.08. The van der Waals surface area contributed by atoms with E-state index >= 15 is 0 Å². The van der Waals surface area contributed by atoms with Crippen molar-refractivity contribution in [2.45, 2.75) is 51.8 Å². The van der Waals surface area contributed by atoms with Gasteiger partial charge >= 0.3 is 115 Å². The van der Waals surface area contributed by atoms with Gasteiger partial charge in [-0.15, -0.1) is 0 Å². The van der Waals surface area contributed by atoms with Crippen LogP contribution in [0.15, 0.2) is 0 Å². The molecular formula is C12H23O4PSe. The number of hydrogen-bond donors (Lipinski definition) is 0. The van der Waals surface area contributed by atoms with E-state index < -0.39 is 20.8 Å². The zero-order chi connectivity index (χ0) is 13.8. The molecule has 6 heteroatoms. The van der Waals surface area contributed by atoms with E-state index in [4.69, 9.17) is 9.05 Å². The van der Waals surface area contributed by atoms with Gasteiger partial charge in [0.05, 0.1) is 0 Å². The van der Waals surface area contributed by atoms with Crippen LogP contribution in [0.25, 0.3) is 0 Å². The van der Waals surface area contributed by atoms with Crippen LogP contribution >= 0.6 is 6.29 Å². The van der Waals surface area contributed by atoms with Crippen LogP contribution in [0.4, 0.5) is 0 Å². The average Bonchev–Trinajstić information content (AvgIpc) is 2.31. The molecule has 0 bridgehead atoms. The van der Waals surface area contributed by atoms with Crippen LogP contribution in [-0.4, -0.2) is 33.5 Å². The number of carbonyl (C=O) groups is 1. The van der Waals surface area contributed by atoms with Crippen molar-refractivity contribution in [2.24, 2.45) is 5.41 Å². The Balaban J connectivity index is 2.59. The van der Waals surface area contributed by atoms with Crippen LogP contribution in [0.2, 0.25) is 4.82 Å². The second kappa shape index (κ2) is 6.67. The summed E-state index contributed by atoms with van der Waals surface area (Å²) in [6.45, 7) is 8.87. The van der Waals surface area contributed by atoms with E-state index in [1.165, 1.54) is 0 Å². The summed E-state index contributed by atoms with van der Waals surface area (Å²) < 4.78 is 23.3. The van der Waals surface area contributed by atoms with Gasteiger partial charge in [-0.05, 0) is 0 Å². The summed E-state index contributed by atoms with van der Waals surface area (Å²) in [6, 6.07) is 0. The third-order valence-corrected chi connectivity index (χ3v) is 9.92. The molecule has 0 aromatic rings. The summed E-state index contributed by atoms with van der Waals surface area (Å²) in [5.41, 5.74) is -0.0842. The molecule has 1 saturated heterocycles. The standard InChI is InChI=1S/C12H23O4PSe/c1-5-7-10(13)11(6-2)18-17(14)15-8-12(3,4)9-16-17/h11H,5-9H2,1-4H3. The number of ketones is 1. The molecule has 106 valence electrons. The minimum atomic E-state index is -3.00. The van der Waals surface area contributed by atoms with Crippen molar-refractivity contribution in [3.05, 3.63) is 0 Å². The molecule has 1 atom stereocenters. The van der Waals surface area contributed by atoms with Gasteiger partial charge in [-0.25, -0.2) is 0 Å². The summed E-state index contributed by atoms with van der Waals surface area (Å²) in [6.07, 6.45) is -0.882. The maximum absolute atomic E-state index is 12.4. The molecular weight excluding hydrogens is 318 g/mol. The fourth-order valence-corrected chi connectivity index (χ4v) is 8.68. The fraction of sp³-hybridized carbons (Fsp3) is 0.917. The van der Waals surface area contributed by atoms with Gasteiger partial charge in [0.2, 0.25) is 0 Å². The van der Waals surface area contributed by atoms with E-state index in [0.29, 0.717) is 19.6 Å². The van der Waals surface area contributed by atoms with Gasteiger partial charge in [-0.1, -0.05) is 0 Å². The van der Waals surface area contributed by atoms with Crippen molar-refractivity contribution < 1.29 is 18.4 Å². The Labute approximate surface area is 115 Å². The molecule has 18 heavy (non-hydrogen) atoms. The molecule has 1 heterocycles. The van der Waals surface area contributed by atoms with Gasteiger partial charge in [0, 0.05) is 0 Å². The van der Waals surface area contributed by atoms with Gasteiger partial charge in [0.25, 0.3) is 0 Å². The van der Waals surface area contributed by atoms with Crippen molar-refractivity contribution in [3.63, 3.8) is 0 Å². The van der Waals surface area contributed by atoms with Crippen LogP contribution < -0.4 is 0 Å². The van der Waals surface area contributed by atoms with Crippen molar-refractivity contribution in [1.82, 2.24) is 0 Å². The first-order valence-corrected chi connectivity index (χ1v) is 11.2. The summed E-state index contributed by atoms with van der Waals surface area (Å²) in [5.74, 6) is 0.201. The zero-order valence-electron chi connectivity index (χ0n) is 11.6. The molecule has 0 amide bonds. The normalized spacial score (nSPS) is 23.6. The van der Waals surface area contributed by atoms with Gasteiger partial charge in [0.1, 0.15) is 0 Å². The Morgan fingerprint density at radius 1 is 1.33 bits per heavy atom. The number of hydrogen-bond acceptors (Lipinski definition) is 4. The molecule has 4 nitrogen and oxygen atoms in total. The average molecular weight is 341 g/mol. The van der Waals surface area contributed by atoms with Gasteiger partial charge in [-0.2, -0.15) is 0 Å². The van der Waals surface area contributed by atoms with Crippen molar-refractivity contribution in [1.29, 1.82) is 0 Å². The van der Waals surface area contributed by atoms with E-state index in [1.54, 1.807) is 0 Å². The number of Topliss-reactive ketones (excluding diaryl/α,β-unsaturated/α-hetero) is 1. The predicted molar refractivity (Wildman–Crippen MR) is 73.0 cm³/mol. The third kappa shape index (κ3) is 4.79. The van der Waals surface area contributed by atoms with Crippen molar-refractivity contribution >= 4 is 26.6 Å². The Hall–Kier alpha value is 0.339. The van der Waals surface area contributed by atoms with Crippen LogP contribution in [-0.2, 0) is 18.4 Å². The molecule has 0 aromatic heterocycles. The van der Waals surface area contributed by atoms with E-state index in [-0.39, 0.29) is 16.0 Å². The second-order valence-electron chi connectivity index (χ2n) is 5.38. The second-order valence-corrected chi connectivity index (χ2v) is 12.3. The van der Waals surface area contributed by atoms with Crippen LogP contribution in [0, 0.1) is 5.41 Å². The maximum atomic E-state index is 12.4. The third-order valence-electron chi connectivity index (χ3n) is 2.71. The SMILES string of the molecule is CCCC(=O)C(CC)[Se]P1(=O)OCC(C)(C)CO1. The molecule has 1 rings (SSSR count). The molecule has 0 radical (unpaired) electrons. The molecule has 1 unspecified atom stereocenters. The molecule has 0 saturated carbocycles. The first kappa shape index (κ1) is 16.4. The van der Waals surface area contributed by atoms with E-state index in [9.17, 15) is 9.36 Å². The molecule has 0 aliphatic carbocycles.